The van der Waals surface area contributed by atoms with E-state index in [9.17, 15) is 4.79 Å². The Balaban J connectivity index is 2.09. The molecule has 1 fully saturated rings. The van der Waals surface area contributed by atoms with Gasteiger partial charge in [-0.3, -0.25) is 4.79 Å². The molecule has 0 aromatic heterocycles. The number of hydrogen-bond acceptors (Lipinski definition) is 3. The normalized spacial score (nSPS) is 16.2. The van der Waals surface area contributed by atoms with Gasteiger partial charge in [0.05, 0.1) is 12.5 Å². The van der Waals surface area contributed by atoms with Gasteiger partial charge in [-0.05, 0) is 37.3 Å². The molecule has 0 atom stereocenters. The van der Waals surface area contributed by atoms with E-state index in [1.54, 1.807) is 0 Å². The first-order chi connectivity index (χ1) is 8.63. The van der Waals surface area contributed by atoms with Crippen LogP contribution in [0.25, 0.3) is 0 Å². The smallest absolute Gasteiger partial charge is 0.313 e. The lowest BCUT2D eigenvalue weighted by atomic mass is 10.0. The predicted octanol–water partition coefficient (Wildman–Crippen LogP) is 2.92. The van der Waals surface area contributed by atoms with Gasteiger partial charge in [-0.1, -0.05) is 25.1 Å². The lowest BCUT2D eigenvalue weighted by Gasteiger charge is -2.18. The first-order valence-corrected chi connectivity index (χ1v) is 6.54. The summed E-state index contributed by atoms with van der Waals surface area (Å²) in [4.78, 5) is 11.7. The number of nitrogens with one attached hydrogen (secondary N) is 1. The van der Waals surface area contributed by atoms with E-state index in [1.165, 1.54) is 23.9 Å². The van der Waals surface area contributed by atoms with Crippen LogP contribution in [0.5, 0.6) is 0 Å². The van der Waals surface area contributed by atoms with Gasteiger partial charge in [-0.15, -0.1) is 0 Å². The molecular weight excluding hydrogens is 226 g/mol. The summed E-state index contributed by atoms with van der Waals surface area (Å²) in [6.45, 7) is 4.92. The number of carbonyl (C=O) groups is 1. The zero-order valence-corrected chi connectivity index (χ0v) is 11.4. The van der Waals surface area contributed by atoms with E-state index in [-0.39, 0.29) is 11.4 Å². The van der Waals surface area contributed by atoms with Crippen LogP contribution >= 0.6 is 0 Å². The molecule has 1 aliphatic carbocycles. The molecule has 0 amide bonds. The number of methoxy groups -OCH3 is 1. The average Bonchev–Trinajstić information content (AvgIpc) is 3.17. The van der Waals surface area contributed by atoms with Crippen molar-refractivity contribution >= 4 is 11.7 Å². The molecule has 1 aromatic carbocycles. The Morgan fingerprint density at radius 2 is 2.17 bits per heavy atom. The zero-order valence-electron chi connectivity index (χ0n) is 11.4. The lowest BCUT2D eigenvalue weighted by Crippen LogP contribution is -2.26. The van der Waals surface area contributed by atoms with Crippen molar-refractivity contribution in [1.29, 1.82) is 0 Å². The lowest BCUT2D eigenvalue weighted by molar-refractivity contribution is -0.146. The van der Waals surface area contributed by atoms with Gasteiger partial charge in [-0.25, -0.2) is 0 Å². The highest BCUT2D eigenvalue weighted by Crippen LogP contribution is 2.46. The Labute approximate surface area is 109 Å². The third-order valence-corrected chi connectivity index (χ3v) is 3.82. The summed E-state index contributed by atoms with van der Waals surface area (Å²) in [7, 11) is 1.47. The van der Waals surface area contributed by atoms with E-state index in [0.29, 0.717) is 6.54 Å². The van der Waals surface area contributed by atoms with Crippen LogP contribution in [-0.2, 0) is 16.0 Å². The summed E-state index contributed by atoms with van der Waals surface area (Å²) in [5, 5.41) is 3.45. The molecule has 0 heterocycles. The molecule has 1 aromatic rings. The summed E-state index contributed by atoms with van der Waals surface area (Å²) in [5.74, 6) is -0.0818. The van der Waals surface area contributed by atoms with Gasteiger partial charge in [0.15, 0.2) is 0 Å². The third-order valence-electron chi connectivity index (χ3n) is 3.82. The summed E-state index contributed by atoms with van der Waals surface area (Å²) < 4.78 is 4.87. The molecule has 0 bridgehead atoms. The van der Waals surface area contributed by atoms with E-state index in [2.05, 4.69) is 37.4 Å². The van der Waals surface area contributed by atoms with Crippen LogP contribution in [0.3, 0.4) is 0 Å². The van der Waals surface area contributed by atoms with E-state index >= 15 is 0 Å². The molecule has 3 nitrogen and oxygen atoms in total. The maximum atomic E-state index is 11.7. The summed E-state index contributed by atoms with van der Waals surface area (Å²) in [5.41, 5.74) is 3.43. The highest BCUT2D eigenvalue weighted by molar-refractivity contribution is 5.80. The van der Waals surface area contributed by atoms with Gasteiger partial charge in [0.2, 0.25) is 0 Å². The predicted molar refractivity (Wildman–Crippen MR) is 72.7 cm³/mol. The Kier molecular flexibility index (Phi) is 3.60. The van der Waals surface area contributed by atoms with Crippen LogP contribution in [0.15, 0.2) is 18.2 Å². The van der Waals surface area contributed by atoms with Crippen molar-refractivity contribution in [2.75, 3.05) is 19.0 Å². The van der Waals surface area contributed by atoms with Gasteiger partial charge in [0.1, 0.15) is 0 Å². The number of ether oxygens (including phenoxy) is 1. The van der Waals surface area contributed by atoms with Crippen LogP contribution in [0.1, 0.15) is 30.9 Å². The third kappa shape index (κ3) is 2.35. The van der Waals surface area contributed by atoms with Crippen molar-refractivity contribution in [2.45, 2.75) is 33.1 Å². The molecule has 2 rings (SSSR count). The molecule has 0 saturated heterocycles. The van der Waals surface area contributed by atoms with Crippen molar-refractivity contribution in [3.8, 4) is 0 Å². The monoisotopic (exact) mass is 247 g/mol. The number of esters is 1. The van der Waals surface area contributed by atoms with E-state index < -0.39 is 0 Å². The van der Waals surface area contributed by atoms with Crippen molar-refractivity contribution < 1.29 is 9.53 Å². The van der Waals surface area contributed by atoms with Gasteiger partial charge in [-0.2, -0.15) is 0 Å². The molecule has 0 radical (unpaired) electrons. The Morgan fingerprint density at radius 1 is 1.44 bits per heavy atom. The molecule has 0 unspecified atom stereocenters. The van der Waals surface area contributed by atoms with Crippen molar-refractivity contribution in [2.24, 2.45) is 5.41 Å². The second-order valence-corrected chi connectivity index (χ2v) is 5.09. The van der Waals surface area contributed by atoms with Gasteiger partial charge in [0, 0.05) is 12.2 Å². The fourth-order valence-corrected chi connectivity index (χ4v) is 2.35. The SMILES string of the molecule is CCc1cccc(C)c1NCC1(C(=O)OC)CC1. The molecule has 1 aliphatic rings. The molecular formula is C15H21NO2. The van der Waals surface area contributed by atoms with Gasteiger partial charge in [0.25, 0.3) is 0 Å². The Bertz CT molecular complexity index is 450. The molecule has 1 saturated carbocycles. The number of aryl methyl sites for hydroxylation is 2. The van der Waals surface area contributed by atoms with E-state index in [4.69, 9.17) is 4.74 Å². The minimum Gasteiger partial charge on any atom is -0.469 e. The largest absolute Gasteiger partial charge is 0.469 e. The maximum absolute atomic E-state index is 11.7. The number of hydrogen-bond donors (Lipinski definition) is 1. The van der Waals surface area contributed by atoms with Crippen LogP contribution in [0.4, 0.5) is 5.69 Å². The topological polar surface area (TPSA) is 38.3 Å². The molecule has 1 N–H and O–H groups in total. The van der Waals surface area contributed by atoms with Gasteiger partial charge < -0.3 is 10.1 Å². The van der Waals surface area contributed by atoms with Crippen molar-refractivity contribution in [3.63, 3.8) is 0 Å². The molecule has 0 spiro atoms. The Hall–Kier alpha value is -1.51. The highest BCUT2D eigenvalue weighted by atomic mass is 16.5. The maximum Gasteiger partial charge on any atom is 0.313 e. The second-order valence-electron chi connectivity index (χ2n) is 5.09. The van der Waals surface area contributed by atoms with Gasteiger partial charge >= 0.3 is 5.97 Å². The first kappa shape index (κ1) is 12.9. The first-order valence-electron chi connectivity index (χ1n) is 6.54. The molecule has 18 heavy (non-hydrogen) atoms. The molecule has 98 valence electrons. The number of para-hydroxylation sites is 1. The minimum absolute atomic E-state index is 0.0818. The highest BCUT2D eigenvalue weighted by Gasteiger charge is 2.50. The number of benzene rings is 1. The zero-order chi connectivity index (χ0) is 13.2. The molecule has 0 aliphatic heterocycles. The number of anilines is 1. The minimum atomic E-state index is -0.276. The van der Waals surface area contributed by atoms with Crippen LogP contribution < -0.4 is 5.32 Å². The summed E-state index contributed by atoms with van der Waals surface area (Å²) in [6.07, 6.45) is 2.86. The number of carbonyl (C=O) groups excluding carboxylic acids is 1. The molecule has 3 heteroatoms. The van der Waals surface area contributed by atoms with E-state index in [0.717, 1.165) is 19.3 Å². The Morgan fingerprint density at radius 3 is 2.72 bits per heavy atom. The fourth-order valence-electron chi connectivity index (χ4n) is 2.35. The summed E-state index contributed by atoms with van der Waals surface area (Å²) >= 11 is 0. The number of rotatable bonds is 5. The van der Waals surface area contributed by atoms with E-state index in [1.807, 2.05) is 0 Å². The van der Waals surface area contributed by atoms with Crippen molar-refractivity contribution in [1.82, 2.24) is 0 Å². The average molecular weight is 247 g/mol. The quantitative estimate of drug-likeness (QED) is 0.813. The fraction of sp³-hybridized carbons (Fsp3) is 0.533. The second kappa shape index (κ2) is 5.01. The van der Waals surface area contributed by atoms with Crippen LogP contribution in [0, 0.1) is 12.3 Å². The van der Waals surface area contributed by atoms with Crippen LogP contribution in [0.2, 0.25) is 0 Å². The standard InChI is InChI=1S/C15H21NO2/c1-4-12-7-5-6-11(2)13(12)16-10-15(8-9-15)14(17)18-3/h5-7,16H,4,8-10H2,1-3H3. The van der Waals surface area contributed by atoms with Crippen molar-refractivity contribution in [3.05, 3.63) is 29.3 Å². The van der Waals surface area contributed by atoms with Crippen LogP contribution in [-0.4, -0.2) is 19.6 Å². The summed E-state index contributed by atoms with van der Waals surface area (Å²) in [6, 6.07) is 6.30.